The van der Waals surface area contributed by atoms with Crippen LogP contribution in [0.25, 0.3) is 0 Å². The Hall–Kier alpha value is -3.03. The number of carbonyl (C=O) groups excluding carboxylic acids is 2. The van der Waals surface area contributed by atoms with Crippen LogP contribution >= 0.6 is 0 Å². The van der Waals surface area contributed by atoms with Crippen molar-refractivity contribution in [2.24, 2.45) is 10.9 Å². The number of unbranched alkanes of at least 4 members (excludes halogenated alkanes) is 4. The second-order valence-electron chi connectivity index (χ2n) is 7.60. The molecule has 1 aliphatic heterocycles. The Bertz CT molecular complexity index is 890. The minimum Gasteiger partial charge on any atom is -0.468 e. The van der Waals surface area contributed by atoms with Gasteiger partial charge in [-0.05, 0) is 20.3 Å². The van der Waals surface area contributed by atoms with Gasteiger partial charge in [-0.3, -0.25) is 19.9 Å². The van der Waals surface area contributed by atoms with E-state index in [1.807, 2.05) is 0 Å². The Morgan fingerprint density at radius 1 is 1.13 bits per heavy atom. The SMILES string of the molecule is CCCCCCCOC(=O)C1=C(C)N=C(C)C(C(=O)OC)C1c1ccccc1[N+](=O)[O-]. The van der Waals surface area contributed by atoms with Crippen LogP contribution in [0.5, 0.6) is 0 Å². The maximum atomic E-state index is 13.1. The van der Waals surface area contributed by atoms with E-state index in [1.54, 1.807) is 32.0 Å². The molecule has 0 aromatic heterocycles. The Labute approximate surface area is 182 Å². The number of para-hydroxylation sites is 1. The molecule has 8 heteroatoms. The smallest absolute Gasteiger partial charge is 0.336 e. The van der Waals surface area contributed by atoms with E-state index in [4.69, 9.17) is 9.47 Å². The van der Waals surface area contributed by atoms with Crippen molar-refractivity contribution >= 4 is 23.3 Å². The van der Waals surface area contributed by atoms with Gasteiger partial charge in [-0.2, -0.15) is 0 Å². The molecule has 168 valence electrons. The van der Waals surface area contributed by atoms with Crippen molar-refractivity contribution in [3.05, 3.63) is 51.2 Å². The molecular formula is C23H30N2O6. The molecule has 0 fully saturated rings. The first-order chi connectivity index (χ1) is 14.8. The summed E-state index contributed by atoms with van der Waals surface area (Å²) in [6.45, 7) is 5.68. The second kappa shape index (κ2) is 11.4. The average molecular weight is 431 g/mol. The largest absolute Gasteiger partial charge is 0.468 e. The van der Waals surface area contributed by atoms with E-state index in [9.17, 15) is 19.7 Å². The number of hydrogen-bond acceptors (Lipinski definition) is 7. The maximum Gasteiger partial charge on any atom is 0.336 e. The molecule has 2 atom stereocenters. The third kappa shape index (κ3) is 5.77. The van der Waals surface area contributed by atoms with Gasteiger partial charge in [0.05, 0.1) is 24.2 Å². The van der Waals surface area contributed by atoms with E-state index in [1.165, 1.54) is 13.2 Å². The summed E-state index contributed by atoms with van der Waals surface area (Å²) in [5.74, 6) is -3.09. The lowest BCUT2D eigenvalue weighted by Crippen LogP contribution is -2.36. The number of rotatable bonds is 10. The predicted octanol–water partition coefficient (Wildman–Crippen LogP) is 4.73. The number of nitro benzene ring substituents is 1. The molecule has 2 unspecified atom stereocenters. The molecule has 0 saturated carbocycles. The van der Waals surface area contributed by atoms with Crippen LogP contribution in [0.3, 0.4) is 0 Å². The Balaban J connectivity index is 2.43. The van der Waals surface area contributed by atoms with Crippen molar-refractivity contribution in [3.63, 3.8) is 0 Å². The van der Waals surface area contributed by atoms with Gasteiger partial charge in [-0.1, -0.05) is 50.8 Å². The first kappa shape index (κ1) is 24.2. The van der Waals surface area contributed by atoms with Gasteiger partial charge >= 0.3 is 11.9 Å². The van der Waals surface area contributed by atoms with Crippen LogP contribution in [0.2, 0.25) is 0 Å². The highest BCUT2D eigenvalue weighted by Gasteiger charge is 2.44. The number of aliphatic imine (C=N–C) groups is 1. The van der Waals surface area contributed by atoms with Crippen molar-refractivity contribution in [3.8, 4) is 0 Å². The van der Waals surface area contributed by atoms with Gasteiger partial charge in [0.1, 0.15) is 5.92 Å². The fraction of sp³-hybridized carbons (Fsp3) is 0.522. The molecule has 0 N–H and O–H groups in total. The van der Waals surface area contributed by atoms with Crippen LogP contribution < -0.4 is 0 Å². The van der Waals surface area contributed by atoms with Crippen molar-refractivity contribution in [2.45, 2.75) is 58.8 Å². The summed E-state index contributed by atoms with van der Waals surface area (Å²) >= 11 is 0. The molecular weight excluding hydrogens is 400 g/mol. The lowest BCUT2D eigenvalue weighted by atomic mass is 9.75. The standard InChI is InChI=1S/C23H30N2O6/c1-5-6-7-8-11-14-31-23(27)20-16(3)24-15(2)19(22(26)30-4)21(20)17-12-9-10-13-18(17)25(28)29/h9-10,12-13,19,21H,5-8,11,14H2,1-4H3. The minimum atomic E-state index is -0.957. The van der Waals surface area contributed by atoms with Crippen molar-refractivity contribution in [2.75, 3.05) is 13.7 Å². The van der Waals surface area contributed by atoms with Gasteiger partial charge in [0.2, 0.25) is 0 Å². The number of allylic oxidation sites excluding steroid dienone is 1. The molecule has 0 amide bonds. The van der Waals surface area contributed by atoms with Gasteiger partial charge in [0.25, 0.3) is 5.69 Å². The van der Waals surface area contributed by atoms with E-state index >= 15 is 0 Å². The number of hydrogen-bond donors (Lipinski definition) is 0. The van der Waals surface area contributed by atoms with Crippen LogP contribution in [0.15, 0.2) is 40.5 Å². The number of benzene rings is 1. The molecule has 0 radical (unpaired) electrons. The molecule has 2 rings (SSSR count). The Kier molecular flexibility index (Phi) is 8.90. The third-order valence-corrected chi connectivity index (χ3v) is 5.45. The summed E-state index contributed by atoms with van der Waals surface area (Å²) in [7, 11) is 1.24. The summed E-state index contributed by atoms with van der Waals surface area (Å²) in [5.41, 5.74) is 1.06. The van der Waals surface area contributed by atoms with Crippen molar-refractivity contribution in [1.29, 1.82) is 0 Å². The Morgan fingerprint density at radius 2 is 1.81 bits per heavy atom. The van der Waals surface area contributed by atoms with Gasteiger partial charge in [-0.25, -0.2) is 4.79 Å². The van der Waals surface area contributed by atoms with Gasteiger partial charge in [-0.15, -0.1) is 0 Å². The molecule has 1 heterocycles. The highest BCUT2D eigenvalue weighted by atomic mass is 16.6. The van der Waals surface area contributed by atoms with Crippen LogP contribution in [-0.2, 0) is 19.1 Å². The topological polar surface area (TPSA) is 108 Å². The number of nitrogens with zero attached hydrogens (tertiary/aromatic N) is 2. The summed E-state index contributed by atoms with van der Waals surface area (Å²) < 4.78 is 10.4. The number of carbonyl (C=O) groups is 2. The normalized spacial score (nSPS) is 18.4. The van der Waals surface area contributed by atoms with Crippen molar-refractivity contribution in [1.82, 2.24) is 0 Å². The first-order valence-electron chi connectivity index (χ1n) is 10.6. The second-order valence-corrected chi connectivity index (χ2v) is 7.60. The first-order valence-corrected chi connectivity index (χ1v) is 10.6. The van der Waals surface area contributed by atoms with Crippen LogP contribution in [-0.4, -0.2) is 36.3 Å². The summed E-state index contributed by atoms with van der Waals surface area (Å²) in [5, 5.41) is 11.7. The molecule has 1 aromatic carbocycles. The van der Waals surface area contributed by atoms with E-state index in [0.29, 0.717) is 11.4 Å². The fourth-order valence-electron chi connectivity index (χ4n) is 3.94. The highest BCUT2D eigenvalue weighted by molar-refractivity contribution is 6.07. The predicted molar refractivity (Wildman–Crippen MR) is 117 cm³/mol. The van der Waals surface area contributed by atoms with E-state index in [-0.39, 0.29) is 23.4 Å². The quantitative estimate of drug-likeness (QED) is 0.230. The number of esters is 2. The number of nitro groups is 1. The van der Waals surface area contributed by atoms with E-state index < -0.39 is 28.7 Å². The fourth-order valence-corrected chi connectivity index (χ4v) is 3.94. The molecule has 8 nitrogen and oxygen atoms in total. The summed E-state index contributed by atoms with van der Waals surface area (Å²) in [6, 6.07) is 6.10. The number of methoxy groups -OCH3 is 1. The molecule has 31 heavy (non-hydrogen) atoms. The van der Waals surface area contributed by atoms with Crippen LogP contribution in [0, 0.1) is 16.0 Å². The zero-order valence-electron chi connectivity index (χ0n) is 18.6. The van der Waals surface area contributed by atoms with Gasteiger partial charge < -0.3 is 9.47 Å². The number of ether oxygens (including phenoxy) is 2. The molecule has 0 saturated heterocycles. The monoisotopic (exact) mass is 430 g/mol. The zero-order valence-corrected chi connectivity index (χ0v) is 18.6. The average Bonchev–Trinajstić information content (AvgIpc) is 2.74. The summed E-state index contributed by atoms with van der Waals surface area (Å²) in [6.07, 6.45) is 5.01. The Morgan fingerprint density at radius 3 is 2.45 bits per heavy atom. The van der Waals surface area contributed by atoms with Crippen molar-refractivity contribution < 1.29 is 24.0 Å². The lowest BCUT2D eigenvalue weighted by molar-refractivity contribution is -0.385. The maximum absolute atomic E-state index is 13.1. The minimum absolute atomic E-state index is 0.156. The van der Waals surface area contributed by atoms with Gasteiger partial charge in [0, 0.05) is 29.0 Å². The third-order valence-electron chi connectivity index (χ3n) is 5.45. The molecule has 0 bridgehead atoms. The van der Waals surface area contributed by atoms with Crippen LogP contribution in [0.1, 0.15) is 64.4 Å². The van der Waals surface area contributed by atoms with E-state index in [2.05, 4.69) is 11.9 Å². The highest BCUT2D eigenvalue weighted by Crippen LogP contribution is 2.43. The van der Waals surface area contributed by atoms with Gasteiger partial charge in [0.15, 0.2) is 0 Å². The summed E-state index contributed by atoms with van der Waals surface area (Å²) in [4.78, 5) is 41.2. The zero-order chi connectivity index (χ0) is 23.0. The molecule has 0 spiro atoms. The lowest BCUT2D eigenvalue weighted by Gasteiger charge is -2.31. The molecule has 0 aliphatic carbocycles. The van der Waals surface area contributed by atoms with Crippen LogP contribution in [0.4, 0.5) is 5.69 Å². The van der Waals surface area contributed by atoms with E-state index in [0.717, 1.165) is 32.1 Å². The molecule has 1 aromatic rings. The molecule has 1 aliphatic rings.